The molecule has 10 nitrogen and oxygen atoms in total. The van der Waals surface area contributed by atoms with Crippen molar-refractivity contribution in [3.8, 4) is 5.75 Å². The normalized spacial score (nSPS) is 12.5. The van der Waals surface area contributed by atoms with Crippen LogP contribution >= 0.6 is 11.6 Å². The zero-order chi connectivity index (χ0) is 25.6. The van der Waals surface area contributed by atoms with E-state index in [1.807, 2.05) is 18.2 Å². The maximum atomic E-state index is 13.1. The Labute approximate surface area is 219 Å². The predicted molar refractivity (Wildman–Crippen MR) is 140 cm³/mol. The van der Waals surface area contributed by atoms with Gasteiger partial charge in [0.05, 0.1) is 24.4 Å². The molecule has 0 saturated carbocycles. The lowest BCUT2D eigenvalue weighted by Gasteiger charge is -2.28. The fourth-order valence-electron chi connectivity index (χ4n) is 4.06. The second kappa shape index (κ2) is 11.2. The standard InChI is InChI=1S/C26H25ClN8O2/c1-37-23-5-4-17(9-21(23)27)12-31-24-20(25(36)32-13-18-10-28-16-29-11-18)14-33-26(34-24)35-8-6-19-3-2-7-30-22(19)15-35/h2-5,7,9-11,14,16H,6,8,12-13,15H2,1H3,(H,32,36)(H,31,33,34). The number of carbonyl (C=O) groups excluding carboxylic acids is 1. The molecule has 1 aliphatic rings. The van der Waals surface area contributed by atoms with E-state index in [0.29, 0.717) is 41.2 Å². The maximum Gasteiger partial charge on any atom is 0.256 e. The Balaban J connectivity index is 1.38. The second-order valence-corrected chi connectivity index (χ2v) is 8.87. The lowest BCUT2D eigenvalue weighted by molar-refractivity contribution is 0.0951. The highest BCUT2D eigenvalue weighted by Gasteiger charge is 2.22. The van der Waals surface area contributed by atoms with Gasteiger partial charge in [-0.3, -0.25) is 9.78 Å². The van der Waals surface area contributed by atoms with Crippen molar-refractivity contribution in [2.45, 2.75) is 26.1 Å². The molecular weight excluding hydrogens is 492 g/mol. The average Bonchev–Trinajstić information content (AvgIpc) is 2.95. The van der Waals surface area contributed by atoms with Gasteiger partial charge in [0.1, 0.15) is 23.5 Å². The molecule has 0 bridgehead atoms. The smallest absolute Gasteiger partial charge is 0.256 e. The van der Waals surface area contributed by atoms with Crippen LogP contribution < -0.4 is 20.3 Å². The highest BCUT2D eigenvalue weighted by atomic mass is 35.5. The predicted octanol–water partition coefficient (Wildman–Crippen LogP) is 3.43. The maximum absolute atomic E-state index is 13.1. The van der Waals surface area contributed by atoms with E-state index in [4.69, 9.17) is 21.3 Å². The van der Waals surface area contributed by atoms with E-state index in [1.54, 1.807) is 38.0 Å². The minimum atomic E-state index is -0.309. The van der Waals surface area contributed by atoms with E-state index in [0.717, 1.165) is 29.8 Å². The van der Waals surface area contributed by atoms with Gasteiger partial charge in [-0.25, -0.2) is 15.0 Å². The Kier molecular flexibility index (Phi) is 7.36. The topological polar surface area (TPSA) is 118 Å². The molecule has 37 heavy (non-hydrogen) atoms. The zero-order valence-corrected chi connectivity index (χ0v) is 20.9. The first-order chi connectivity index (χ1) is 18.1. The third kappa shape index (κ3) is 5.75. The van der Waals surface area contributed by atoms with Crippen molar-refractivity contribution in [3.63, 3.8) is 0 Å². The number of amides is 1. The fourth-order valence-corrected chi connectivity index (χ4v) is 4.34. The number of rotatable bonds is 8. The number of carbonyl (C=O) groups is 1. The Morgan fingerprint density at radius 3 is 2.78 bits per heavy atom. The molecule has 0 unspecified atom stereocenters. The summed E-state index contributed by atoms with van der Waals surface area (Å²) in [7, 11) is 1.57. The number of nitrogens with one attached hydrogen (secondary N) is 2. The largest absolute Gasteiger partial charge is 0.495 e. The summed E-state index contributed by atoms with van der Waals surface area (Å²) < 4.78 is 5.24. The summed E-state index contributed by atoms with van der Waals surface area (Å²) in [5, 5.41) is 6.69. The Hall–Kier alpha value is -4.31. The Bertz CT molecular complexity index is 1400. The van der Waals surface area contributed by atoms with Crippen LogP contribution in [0.2, 0.25) is 5.02 Å². The van der Waals surface area contributed by atoms with Crippen LogP contribution in [0.3, 0.4) is 0 Å². The van der Waals surface area contributed by atoms with Crippen LogP contribution in [0, 0.1) is 0 Å². The summed E-state index contributed by atoms with van der Waals surface area (Å²) in [5.74, 6) is 1.24. The number of hydrogen-bond acceptors (Lipinski definition) is 9. The van der Waals surface area contributed by atoms with Gasteiger partial charge in [-0.1, -0.05) is 23.7 Å². The van der Waals surface area contributed by atoms with E-state index >= 15 is 0 Å². The Morgan fingerprint density at radius 1 is 1.11 bits per heavy atom. The number of benzene rings is 1. The van der Waals surface area contributed by atoms with Crippen LogP contribution in [0.15, 0.2) is 61.4 Å². The van der Waals surface area contributed by atoms with Gasteiger partial charge >= 0.3 is 0 Å². The third-order valence-electron chi connectivity index (χ3n) is 6.02. The number of ether oxygens (including phenoxy) is 1. The molecule has 5 rings (SSSR count). The SMILES string of the molecule is COc1ccc(CNc2nc(N3CCc4cccnc4C3)ncc2C(=O)NCc2cncnc2)cc1Cl. The third-order valence-corrected chi connectivity index (χ3v) is 6.32. The van der Waals surface area contributed by atoms with Gasteiger partial charge in [0.15, 0.2) is 0 Å². The fraction of sp³-hybridized carbons (Fsp3) is 0.231. The zero-order valence-electron chi connectivity index (χ0n) is 20.2. The number of fused-ring (bicyclic) bond motifs is 1. The van der Waals surface area contributed by atoms with E-state index in [-0.39, 0.29) is 12.5 Å². The van der Waals surface area contributed by atoms with Crippen molar-refractivity contribution >= 4 is 29.3 Å². The van der Waals surface area contributed by atoms with Crippen molar-refractivity contribution in [2.75, 3.05) is 23.9 Å². The van der Waals surface area contributed by atoms with Crippen LogP contribution in [0.25, 0.3) is 0 Å². The highest BCUT2D eigenvalue weighted by molar-refractivity contribution is 6.32. The van der Waals surface area contributed by atoms with E-state index in [1.165, 1.54) is 11.9 Å². The van der Waals surface area contributed by atoms with Crippen molar-refractivity contribution in [2.24, 2.45) is 0 Å². The molecule has 11 heteroatoms. The number of methoxy groups -OCH3 is 1. The van der Waals surface area contributed by atoms with Crippen LogP contribution in [0.5, 0.6) is 5.75 Å². The van der Waals surface area contributed by atoms with Gasteiger partial charge in [0.25, 0.3) is 5.91 Å². The van der Waals surface area contributed by atoms with Gasteiger partial charge in [-0.05, 0) is 35.7 Å². The van der Waals surface area contributed by atoms with Crippen LogP contribution in [-0.4, -0.2) is 44.5 Å². The Morgan fingerprint density at radius 2 is 1.97 bits per heavy atom. The second-order valence-electron chi connectivity index (χ2n) is 8.46. The molecule has 0 spiro atoms. The van der Waals surface area contributed by atoms with Gasteiger partial charge in [-0.2, -0.15) is 4.98 Å². The first-order valence-electron chi connectivity index (χ1n) is 11.7. The summed E-state index contributed by atoms with van der Waals surface area (Å²) in [6.45, 7) is 2.04. The first-order valence-corrected chi connectivity index (χ1v) is 12.1. The van der Waals surface area contributed by atoms with E-state index in [2.05, 4.69) is 41.5 Å². The minimum Gasteiger partial charge on any atom is -0.495 e. The van der Waals surface area contributed by atoms with E-state index in [9.17, 15) is 4.79 Å². The quantitative estimate of drug-likeness (QED) is 0.363. The number of hydrogen-bond donors (Lipinski definition) is 2. The monoisotopic (exact) mass is 516 g/mol. The molecule has 4 heterocycles. The van der Waals surface area contributed by atoms with Gasteiger partial charge in [0.2, 0.25) is 5.95 Å². The molecule has 2 N–H and O–H groups in total. The summed E-state index contributed by atoms with van der Waals surface area (Å²) in [6, 6.07) is 9.57. The highest BCUT2D eigenvalue weighted by Crippen LogP contribution is 2.26. The number of nitrogens with zero attached hydrogens (tertiary/aromatic N) is 6. The molecule has 0 atom stereocenters. The molecule has 0 fully saturated rings. The summed E-state index contributed by atoms with van der Waals surface area (Å²) >= 11 is 6.30. The van der Waals surface area contributed by atoms with Crippen LogP contribution in [0.1, 0.15) is 32.7 Å². The van der Waals surface area contributed by atoms with E-state index < -0.39 is 0 Å². The molecule has 1 aromatic carbocycles. The summed E-state index contributed by atoms with van der Waals surface area (Å²) in [5.41, 5.74) is 4.27. The summed E-state index contributed by atoms with van der Waals surface area (Å²) in [4.78, 5) is 36.9. The van der Waals surface area contributed by atoms with Crippen molar-refractivity contribution in [3.05, 3.63) is 94.4 Å². The molecular formula is C26H25ClN8O2. The molecule has 3 aromatic heterocycles. The van der Waals surface area contributed by atoms with Crippen molar-refractivity contribution in [1.82, 2.24) is 30.2 Å². The van der Waals surface area contributed by atoms with Gasteiger partial charge in [-0.15, -0.1) is 0 Å². The molecule has 0 saturated heterocycles. The molecule has 4 aromatic rings. The first kappa shape index (κ1) is 24.4. The molecule has 1 amide bonds. The van der Waals surface area contributed by atoms with Gasteiger partial charge in [0, 0.05) is 50.0 Å². The van der Waals surface area contributed by atoms with Crippen molar-refractivity contribution < 1.29 is 9.53 Å². The number of pyridine rings is 1. The minimum absolute atomic E-state index is 0.281. The van der Waals surface area contributed by atoms with Crippen molar-refractivity contribution in [1.29, 1.82) is 0 Å². The van der Waals surface area contributed by atoms with Crippen LogP contribution in [-0.2, 0) is 26.1 Å². The number of anilines is 2. The number of aromatic nitrogens is 5. The molecule has 0 aliphatic carbocycles. The molecule has 188 valence electrons. The molecule has 1 aliphatic heterocycles. The van der Waals surface area contributed by atoms with Crippen LogP contribution in [0.4, 0.5) is 11.8 Å². The molecule has 0 radical (unpaired) electrons. The lowest BCUT2D eigenvalue weighted by atomic mass is 10.1. The average molecular weight is 517 g/mol. The lowest BCUT2D eigenvalue weighted by Crippen LogP contribution is -2.33. The van der Waals surface area contributed by atoms with Gasteiger partial charge < -0.3 is 20.3 Å². The summed E-state index contributed by atoms with van der Waals surface area (Å²) in [6.07, 6.45) is 8.95. The number of halogens is 1.